The van der Waals surface area contributed by atoms with Crippen LogP contribution in [0, 0.1) is 13.8 Å². The van der Waals surface area contributed by atoms with Gasteiger partial charge in [0, 0.05) is 94.4 Å². The highest BCUT2D eigenvalue weighted by Gasteiger charge is 2.42. The second kappa shape index (κ2) is 18.7. The molecule has 4 fully saturated rings. The van der Waals surface area contributed by atoms with Crippen LogP contribution in [0.5, 0.6) is 0 Å². The highest BCUT2D eigenvalue weighted by Crippen LogP contribution is 2.40. The summed E-state index contributed by atoms with van der Waals surface area (Å²) < 4.78 is 0. The predicted octanol–water partition coefficient (Wildman–Crippen LogP) is 7.67. The van der Waals surface area contributed by atoms with Gasteiger partial charge in [-0.05, 0) is 134 Å². The number of hydrogen-bond acceptors (Lipinski definition) is 9. The van der Waals surface area contributed by atoms with E-state index in [1.165, 1.54) is 58.9 Å². The minimum absolute atomic E-state index is 0.287. The number of aromatic nitrogens is 2. The Bertz CT molecular complexity index is 1840. The highest BCUT2D eigenvalue weighted by atomic mass is 15.4. The van der Waals surface area contributed by atoms with E-state index < -0.39 is 0 Å². The van der Waals surface area contributed by atoms with Gasteiger partial charge < -0.3 is 19.6 Å². The molecule has 306 valence electrons. The van der Waals surface area contributed by atoms with E-state index in [0.717, 1.165) is 77.3 Å². The van der Waals surface area contributed by atoms with Gasteiger partial charge in [0.25, 0.3) is 0 Å². The third-order valence-corrected chi connectivity index (χ3v) is 13.6. The molecule has 2 aromatic heterocycles. The fourth-order valence-electron chi connectivity index (χ4n) is 10.3. The van der Waals surface area contributed by atoms with Crippen LogP contribution in [0.25, 0.3) is 0 Å². The first kappa shape index (κ1) is 41.2. The van der Waals surface area contributed by atoms with Crippen LogP contribution in [0.4, 0.5) is 0 Å². The maximum absolute atomic E-state index is 4.96. The van der Waals surface area contributed by atoms with E-state index >= 15 is 0 Å². The molecule has 5 aliphatic heterocycles. The minimum atomic E-state index is 0.287. The van der Waals surface area contributed by atoms with Gasteiger partial charge in [-0.3, -0.25) is 24.7 Å². The fourth-order valence-corrected chi connectivity index (χ4v) is 10.3. The average molecular weight is 772 g/mol. The van der Waals surface area contributed by atoms with Crippen molar-refractivity contribution in [1.29, 1.82) is 0 Å². The predicted molar refractivity (Wildman–Crippen MR) is 235 cm³/mol. The maximum Gasteiger partial charge on any atom is 0.113 e. The van der Waals surface area contributed by atoms with Gasteiger partial charge in [0.2, 0.25) is 0 Å². The fraction of sp³-hybridized carbons (Fsp3) is 0.542. The number of allylic oxidation sites excluding steroid dienone is 6. The number of likely N-dealkylation sites (N-methyl/N-ethyl adjacent to an activating group) is 3. The zero-order valence-electron chi connectivity index (χ0n) is 36.0. The largest absolute Gasteiger partial charge is 0.371 e. The van der Waals surface area contributed by atoms with Crippen LogP contribution in [0.1, 0.15) is 87.0 Å². The van der Waals surface area contributed by atoms with Gasteiger partial charge in [-0.1, -0.05) is 36.9 Å². The lowest BCUT2D eigenvalue weighted by Gasteiger charge is -2.52. The molecule has 0 N–H and O–H groups in total. The Morgan fingerprint density at radius 2 is 1.44 bits per heavy atom. The van der Waals surface area contributed by atoms with E-state index in [9.17, 15) is 0 Å². The van der Waals surface area contributed by atoms with Gasteiger partial charge in [0.15, 0.2) is 0 Å². The molecule has 2 aromatic rings. The molecular weight excluding hydrogens is 703 g/mol. The number of hydrogen-bond donors (Lipinski definition) is 0. The first-order valence-electron chi connectivity index (χ1n) is 21.7. The molecule has 0 amide bonds. The van der Waals surface area contributed by atoms with Crippen molar-refractivity contribution in [3.8, 4) is 0 Å². The summed E-state index contributed by atoms with van der Waals surface area (Å²) in [5.74, 6) is 1.23. The Balaban J connectivity index is 1.13. The Morgan fingerprint density at radius 1 is 0.807 bits per heavy atom. The zero-order valence-corrected chi connectivity index (χ0v) is 36.0. The average Bonchev–Trinajstić information content (AvgIpc) is 3.22. The monoisotopic (exact) mass is 772 g/mol. The Morgan fingerprint density at radius 3 is 2.07 bits per heavy atom. The summed E-state index contributed by atoms with van der Waals surface area (Å²) in [7, 11) is 6.93. The van der Waals surface area contributed by atoms with Crippen molar-refractivity contribution in [2.45, 2.75) is 96.4 Å². The summed E-state index contributed by atoms with van der Waals surface area (Å²) >= 11 is 0. The van der Waals surface area contributed by atoms with E-state index in [4.69, 9.17) is 9.97 Å². The van der Waals surface area contributed by atoms with Crippen molar-refractivity contribution >= 4 is 0 Å². The summed E-state index contributed by atoms with van der Waals surface area (Å²) in [5, 5.41) is 0. The standard InChI is InChI=1S/C48H69N9/c1-9-10-19-44(54-29-27-51(6)28-30-54)48(43-23-13-22-42(53(43)8)47-37(3)17-15-26-50-47)56-33-31-55(32-34-56)45-24-11-18-39(5)57(45)35-38(4)40-20-12-21-41(52(40)7)46-36(2)16-14-25-49-46/h9-11,14-19,24-26,35,40-43,48H,5,12-13,20-23,27-34H2,1-4,6-8H3/b10-9-,38-35+,44-19+. The number of nitrogens with zero attached hydrogens (tertiary/aromatic N) is 9. The van der Waals surface area contributed by atoms with Crippen molar-refractivity contribution in [3.05, 3.63) is 131 Å². The normalized spacial score (nSPS) is 27.4. The van der Waals surface area contributed by atoms with Gasteiger partial charge in [-0.15, -0.1) is 0 Å². The lowest BCUT2D eigenvalue weighted by molar-refractivity contribution is 0.0129. The summed E-state index contributed by atoms with van der Waals surface area (Å²) in [6.07, 6.45) is 26.9. The lowest BCUT2D eigenvalue weighted by atomic mass is 9.86. The maximum atomic E-state index is 4.96. The van der Waals surface area contributed by atoms with Gasteiger partial charge in [0.05, 0.1) is 29.5 Å². The van der Waals surface area contributed by atoms with E-state index in [1.54, 1.807) is 0 Å². The van der Waals surface area contributed by atoms with Crippen molar-refractivity contribution < 1.29 is 0 Å². The molecule has 0 saturated carbocycles. The molecule has 7 rings (SSSR count). The molecule has 5 aliphatic rings. The minimum Gasteiger partial charge on any atom is -0.371 e. The van der Waals surface area contributed by atoms with Gasteiger partial charge in [-0.25, -0.2) is 0 Å². The van der Waals surface area contributed by atoms with Crippen molar-refractivity contribution in [1.82, 2.24) is 44.3 Å². The molecule has 5 atom stereocenters. The van der Waals surface area contributed by atoms with Crippen LogP contribution in [0.2, 0.25) is 0 Å². The van der Waals surface area contributed by atoms with Crippen molar-refractivity contribution in [2.24, 2.45) is 0 Å². The van der Waals surface area contributed by atoms with E-state index in [0.29, 0.717) is 24.2 Å². The third-order valence-electron chi connectivity index (χ3n) is 13.6. The molecule has 4 saturated heterocycles. The van der Waals surface area contributed by atoms with E-state index in [2.05, 4.69) is 157 Å². The number of rotatable bonds is 10. The van der Waals surface area contributed by atoms with E-state index in [1.807, 2.05) is 12.4 Å². The van der Waals surface area contributed by atoms with Crippen LogP contribution in [0.3, 0.4) is 0 Å². The lowest BCUT2D eigenvalue weighted by Crippen LogP contribution is -2.61. The van der Waals surface area contributed by atoms with Crippen molar-refractivity contribution in [3.63, 3.8) is 0 Å². The molecule has 0 aromatic carbocycles. The third kappa shape index (κ3) is 9.02. The summed E-state index contributed by atoms with van der Waals surface area (Å²) in [6.45, 7) is 21.7. The van der Waals surface area contributed by atoms with E-state index in [-0.39, 0.29) is 6.04 Å². The Hall–Kier alpha value is -4.02. The van der Waals surface area contributed by atoms with Crippen molar-refractivity contribution in [2.75, 3.05) is 73.5 Å². The second-order valence-corrected chi connectivity index (χ2v) is 17.2. The van der Waals surface area contributed by atoms with Crippen LogP contribution in [0.15, 0.2) is 109 Å². The molecular formula is C48H69N9. The van der Waals surface area contributed by atoms with Gasteiger partial charge in [-0.2, -0.15) is 0 Å². The van der Waals surface area contributed by atoms with Gasteiger partial charge >= 0.3 is 0 Å². The molecule has 0 aliphatic carbocycles. The molecule has 57 heavy (non-hydrogen) atoms. The zero-order chi connectivity index (χ0) is 40.1. The first-order chi connectivity index (χ1) is 27.7. The first-order valence-corrected chi connectivity index (χ1v) is 21.7. The highest BCUT2D eigenvalue weighted by molar-refractivity contribution is 5.34. The van der Waals surface area contributed by atoms with Crippen LogP contribution in [-0.2, 0) is 0 Å². The number of piperidine rings is 2. The number of aryl methyl sites for hydroxylation is 2. The number of pyridine rings is 2. The smallest absolute Gasteiger partial charge is 0.113 e. The quantitative estimate of drug-likeness (QED) is 0.227. The molecule has 5 unspecified atom stereocenters. The summed E-state index contributed by atoms with van der Waals surface area (Å²) in [5.41, 5.74) is 8.92. The molecule has 9 heteroatoms. The van der Waals surface area contributed by atoms with Crippen LogP contribution in [-0.4, -0.2) is 136 Å². The molecule has 0 radical (unpaired) electrons. The second-order valence-electron chi connectivity index (χ2n) is 17.2. The van der Waals surface area contributed by atoms with Crippen LogP contribution < -0.4 is 0 Å². The Kier molecular flexibility index (Phi) is 13.5. The molecule has 0 bridgehead atoms. The van der Waals surface area contributed by atoms with Crippen LogP contribution >= 0.6 is 0 Å². The molecule has 9 nitrogen and oxygen atoms in total. The molecule has 0 spiro atoms. The SMILES string of the molecule is C=C1C=CC=C(N2CCN(C(/C(=C\C=C/C)N3CCN(C)CC3)C3CCCC(c4ncccc4C)N3C)CC2)N1/C=C(\C)C1CCCC(c2ncccc2C)N1C. The number of likely N-dealkylation sites (tertiary alicyclic amines) is 2. The summed E-state index contributed by atoms with van der Waals surface area (Å²) in [4.78, 5) is 28.0. The summed E-state index contributed by atoms with van der Waals surface area (Å²) in [6, 6.07) is 10.2. The topological polar surface area (TPSA) is 48.5 Å². The van der Waals surface area contributed by atoms with Gasteiger partial charge in [0.1, 0.15) is 5.82 Å². The Labute approximate surface area is 344 Å². The number of piperazine rings is 2. The molecule has 7 heterocycles.